The van der Waals surface area contributed by atoms with Crippen LogP contribution in [-0.4, -0.2) is 38.3 Å². The Morgan fingerprint density at radius 3 is 2.54 bits per heavy atom. The van der Waals surface area contributed by atoms with Gasteiger partial charge in [-0.25, -0.2) is 4.79 Å². The van der Waals surface area contributed by atoms with Gasteiger partial charge in [0.15, 0.2) is 14.8 Å². The van der Waals surface area contributed by atoms with Gasteiger partial charge in [0, 0.05) is 6.54 Å². The van der Waals surface area contributed by atoms with Crippen LogP contribution >= 0.6 is 11.6 Å². The standard InChI is InChI=1S/C21H30ClN3O2Si/c1-13-16(9-8-14(12-23)17(13)22)25-19(26)24-11-10-15(20(2,3)4)18(24)21(25,5)27-28(6)7/h8-9,15,18,28H,10-11H2,1-7H3/t15-,18-,21-/m1/s1. The molecule has 3 atom stereocenters. The number of nitriles is 1. The number of anilines is 1. The van der Waals surface area contributed by atoms with E-state index in [0.29, 0.717) is 16.5 Å². The van der Waals surface area contributed by atoms with E-state index >= 15 is 0 Å². The highest BCUT2D eigenvalue weighted by Crippen LogP contribution is 2.51. The summed E-state index contributed by atoms with van der Waals surface area (Å²) < 4.78 is 6.62. The highest BCUT2D eigenvalue weighted by molar-refractivity contribution is 6.48. The van der Waals surface area contributed by atoms with Crippen LogP contribution in [0.1, 0.15) is 45.2 Å². The Morgan fingerprint density at radius 2 is 2.00 bits per heavy atom. The van der Waals surface area contributed by atoms with Gasteiger partial charge < -0.3 is 9.33 Å². The lowest BCUT2D eigenvalue weighted by Gasteiger charge is -2.44. The van der Waals surface area contributed by atoms with Crippen molar-refractivity contribution in [3.63, 3.8) is 0 Å². The molecule has 0 aromatic heterocycles. The summed E-state index contributed by atoms with van der Waals surface area (Å²) in [6.45, 7) is 15.7. The molecule has 2 fully saturated rings. The zero-order valence-corrected chi connectivity index (χ0v) is 19.7. The molecule has 0 radical (unpaired) electrons. The molecular formula is C21H30ClN3O2Si. The predicted molar refractivity (Wildman–Crippen MR) is 115 cm³/mol. The van der Waals surface area contributed by atoms with Crippen molar-refractivity contribution in [3.8, 4) is 6.07 Å². The first-order valence-electron chi connectivity index (χ1n) is 9.91. The minimum Gasteiger partial charge on any atom is -0.397 e. The van der Waals surface area contributed by atoms with E-state index in [4.69, 9.17) is 16.0 Å². The molecule has 2 amide bonds. The predicted octanol–water partition coefficient (Wildman–Crippen LogP) is 4.91. The molecule has 1 aromatic carbocycles. The van der Waals surface area contributed by atoms with Crippen LogP contribution in [0.2, 0.25) is 18.1 Å². The van der Waals surface area contributed by atoms with Crippen molar-refractivity contribution in [3.05, 3.63) is 28.3 Å². The number of nitrogens with zero attached hydrogens (tertiary/aromatic N) is 3. The molecule has 0 N–H and O–H groups in total. The summed E-state index contributed by atoms with van der Waals surface area (Å²) in [5.74, 6) is 0.341. The highest BCUT2D eigenvalue weighted by atomic mass is 35.5. The van der Waals surface area contributed by atoms with Crippen molar-refractivity contribution in [1.82, 2.24) is 4.90 Å². The molecule has 152 valence electrons. The fraction of sp³-hybridized carbons (Fsp3) is 0.619. The van der Waals surface area contributed by atoms with Crippen LogP contribution in [0.3, 0.4) is 0 Å². The van der Waals surface area contributed by atoms with E-state index in [1.165, 1.54) is 0 Å². The SMILES string of the molecule is Cc1c(N2C(=O)N3CC[C@@H](C(C)(C)C)[C@@H]3[C@@]2(C)O[SiH](C)C)ccc(C#N)c1Cl. The summed E-state index contributed by atoms with van der Waals surface area (Å²) >= 11 is 6.44. The van der Waals surface area contributed by atoms with Crippen LogP contribution in [-0.2, 0) is 4.43 Å². The fourth-order valence-electron chi connectivity index (χ4n) is 4.97. The molecule has 28 heavy (non-hydrogen) atoms. The lowest BCUT2D eigenvalue weighted by atomic mass is 9.73. The van der Waals surface area contributed by atoms with E-state index < -0.39 is 14.8 Å². The summed E-state index contributed by atoms with van der Waals surface area (Å²) in [4.78, 5) is 17.3. The fourth-order valence-corrected chi connectivity index (χ4v) is 6.37. The first kappa shape index (κ1) is 21.2. The monoisotopic (exact) mass is 419 g/mol. The summed E-state index contributed by atoms with van der Waals surface area (Å²) in [5.41, 5.74) is 1.20. The minimum atomic E-state index is -1.46. The second-order valence-electron chi connectivity index (χ2n) is 9.42. The van der Waals surface area contributed by atoms with Crippen LogP contribution in [0.5, 0.6) is 0 Å². The van der Waals surface area contributed by atoms with Crippen LogP contribution in [0.15, 0.2) is 12.1 Å². The lowest BCUT2D eigenvalue weighted by Crippen LogP contribution is -2.56. The second kappa shape index (κ2) is 7.05. The number of carbonyl (C=O) groups is 1. The Bertz CT molecular complexity index is 845. The number of hydrogen-bond donors (Lipinski definition) is 0. The molecule has 0 bridgehead atoms. The Balaban J connectivity index is 2.18. The van der Waals surface area contributed by atoms with Gasteiger partial charge in [0.2, 0.25) is 0 Å². The Kier molecular flexibility index (Phi) is 5.33. The minimum absolute atomic E-state index is 0.0104. The summed E-state index contributed by atoms with van der Waals surface area (Å²) in [5, 5.41) is 9.69. The molecule has 2 heterocycles. The Labute approximate surface area is 174 Å². The maximum atomic E-state index is 13.6. The van der Waals surface area contributed by atoms with Crippen molar-refractivity contribution >= 4 is 32.4 Å². The number of rotatable bonds is 3. The highest BCUT2D eigenvalue weighted by Gasteiger charge is 2.62. The molecule has 1 aromatic rings. The van der Waals surface area contributed by atoms with E-state index in [1.54, 1.807) is 11.0 Å². The quantitative estimate of drug-likeness (QED) is 0.654. The van der Waals surface area contributed by atoms with E-state index in [2.05, 4.69) is 46.9 Å². The zero-order chi connectivity index (χ0) is 21.0. The van der Waals surface area contributed by atoms with Crippen molar-refractivity contribution in [2.45, 2.75) is 65.9 Å². The molecular weight excluding hydrogens is 390 g/mol. The van der Waals surface area contributed by atoms with Crippen LogP contribution < -0.4 is 4.90 Å². The largest absolute Gasteiger partial charge is 0.397 e. The molecule has 2 aliphatic heterocycles. The summed E-state index contributed by atoms with van der Waals surface area (Å²) in [7, 11) is -1.46. The van der Waals surface area contributed by atoms with E-state index in [1.807, 2.05) is 17.9 Å². The normalized spacial score (nSPS) is 27.5. The topological polar surface area (TPSA) is 56.6 Å². The molecule has 2 saturated heterocycles. The van der Waals surface area contributed by atoms with Crippen LogP contribution in [0.4, 0.5) is 10.5 Å². The van der Waals surface area contributed by atoms with E-state index in [9.17, 15) is 10.1 Å². The third-order valence-corrected chi connectivity index (χ3v) is 7.57. The Hall–Kier alpha value is -1.55. The number of halogens is 1. The second-order valence-corrected chi connectivity index (χ2v) is 12.1. The van der Waals surface area contributed by atoms with Crippen LogP contribution in [0.25, 0.3) is 0 Å². The molecule has 3 rings (SSSR count). The van der Waals surface area contributed by atoms with Gasteiger partial charge >= 0.3 is 6.03 Å². The van der Waals surface area contributed by atoms with Gasteiger partial charge in [-0.15, -0.1) is 0 Å². The zero-order valence-electron chi connectivity index (χ0n) is 17.8. The van der Waals surface area contributed by atoms with Gasteiger partial charge in [-0.1, -0.05) is 32.4 Å². The number of benzene rings is 1. The molecule has 0 saturated carbocycles. The number of carbonyl (C=O) groups excluding carboxylic acids is 1. The molecule has 2 aliphatic rings. The number of amides is 2. The number of hydrogen-bond acceptors (Lipinski definition) is 3. The summed E-state index contributed by atoms with van der Waals surface area (Å²) in [6.07, 6.45) is 0.986. The molecule has 5 nitrogen and oxygen atoms in total. The number of fused-ring (bicyclic) bond motifs is 1. The number of urea groups is 1. The molecule has 0 aliphatic carbocycles. The first-order chi connectivity index (χ1) is 12.9. The smallest absolute Gasteiger partial charge is 0.327 e. The van der Waals surface area contributed by atoms with Gasteiger partial charge in [-0.3, -0.25) is 4.90 Å². The average molecular weight is 420 g/mol. The van der Waals surface area contributed by atoms with Gasteiger partial charge in [0.25, 0.3) is 0 Å². The van der Waals surface area contributed by atoms with Gasteiger partial charge in [0.05, 0.1) is 22.3 Å². The molecule has 7 heteroatoms. The van der Waals surface area contributed by atoms with Crippen molar-refractivity contribution in [1.29, 1.82) is 5.26 Å². The molecule has 0 spiro atoms. The third kappa shape index (κ3) is 3.14. The van der Waals surface area contributed by atoms with Gasteiger partial charge in [-0.05, 0) is 62.4 Å². The van der Waals surface area contributed by atoms with Crippen molar-refractivity contribution in [2.75, 3.05) is 11.4 Å². The van der Waals surface area contributed by atoms with Gasteiger partial charge in [0.1, 0.15) is 6.07 Å². The summed E-state index contributed by atoms with van der Waals surface area (Å²) in [6, 6.07) is 5.59. The maximum Gasteiger partial charge on any atom is 0.327 e. The van der Waals surface area contributed by atoms with Crippen molar-refractivity contribution < 1.29 is 9.22 Å². The lowest BCUT2D eigenvalue weighted by molar-refractivity contribution is 0.0156. The van der Waals surface area contributed by atoms with Gasteiger partial charge in [-0.2, -0.15) is 5.26 Å². The maximum absolute atomic E-state index is 13.6. The Morgan fingerprint density at radius 1 is 1.36 bits per heavy atom. The van der Waals surface area contributed by atoms with Crippen molar-refractivity contribution in [2.24, 2.45) is 11.3 Å². The third-order valence-electron chi connectivity index (χ3n) is 6.13. The first-order valence-corrected chi connectivity index (χ1v) is 13.1. The van der Waals surface area contributed by atoms with E-state index in [0.717, 1.165) is 24.2 Å². The average Bonchev–Trinajstić information content (AvgIpc) is 3.11. The van der Waals surface area contributed by atoms with E-state index in [-0.39, 0.29) is 17.5 Å². The van der Waals surface area contributed by atoms with Crippen LogP contribution in [0, 0.1) is 29.6 Å². The molecule has 0 unspecified atom stereocenters.